The summed E-state index contributed by atoms with van der Waals surface area (Å²) in [6.07, 6.45) is 7.92. The summed E-state index contributed by atoms with van der Waals surface area (Å²) in [4.78, 5) is 13.7. The Morgan fingerprint density at radius 3 is 2.72 bits per heavy atom. The maximum Gasteiger partial charge on any atom is 0.213 e. The molecule has 2 aliphatic rings. The van der Waals surface area contributed by atoms with E-state index in [1.54, 1.807) is 6.20 Å². The van der Waals surface area contributed by atoms with Crippen molar-refractivity contribution in [3.63, 3.8) is 0 Å². The second-order valence-corrected chi connectivity index (χ2v) is 9.82. The van der Waals surface area contributed by atoms with Gasteiger partial charge in [0.2, 0.25) is 5.88 Å². The molecule has 8 nitrogen and oxygen atoms in total. The van der Waals surface area contributed by atoms with Gasteiger partial charge in [-0.1, -0.05) is 29.4 Å². The summed E-state index contributed by atoms with van der Waals surface area (Å²) in [6, 6.07) is 16.8. The molecule has 2 fully saturated rings. The largest absolute Gasteiger partial charge is 0.477 e. The topological polar surface area (TPSA) is 79.6 Å². The molecule has 36 heavy (non-hydrogen) atoms. The number of fused-ring (bicyclic) bond motifs is 2. The van der Waals surface area contributed by atoms with Gasteiger partial charge in [-0.2, -0.15) is 0 Å². The second kappa shape index (κ2) is 10.6. The van der Waals surface area contributed by atoms with E-state index in [-0.39, 0.29) is 0 Å². The molecule has 4 aromatic rings. The average molecular weight is 485 g/mol. The molecule has 0 bridgehead atoms. The zero-order chi connectivity index (χ0) is 24.2. The molecule has 2 saturated heterocycles. The third-order valence-corrected chi connectivity index (χ3v) is 7.31. The molecule has 0 aliphatic carbocycles. The Morgan fingerprint density at radius 1 is 0.944 bits per heavy atom. The van der Waals surface area contributed by atoms with Gasteiger partial charge in [-0.25, -0.2) is 4.98 Å². The number of nitrogens with zero attached hydrogens (tertiary/aromatic N) is 5. The molecule has 1 aromatic carbocycles. The fraction of sp³-hybridized carbons (Fsp3) is 0.393. The number of piperazine rings is 1. The molecule has 0 amide bonds. The number of nitrogens with one attached hydrogen (secondary N) is 1. The first-order valence-electron chi connectivity index (χ1n) is 12.8. The van der Waals surface area contributed by atoms with Crippen molar-refractivity contribution < 1.29 is 9.26 Å². The van der Waals surface area contributed by atoms with Gasteiger partial charge in [0, 0.05) is 75.9 Å². The van der Waals surface area contributed by atoms with Gasteiger partial charge in [0.05, 0.1) is 12.0 Å². The summed E-state index contributed by atoms with van der Waals surface area (Å²) >= 11 is 0. The SMILES string of the molecule is c1cncc(CNCc2ccc(OCC3CCC4CN(c5noc6ccccc56)CCN4C3)nc2)c1. The highest BCUT2D eigenvalue weighted by molar-refractivity contribution is 5.88. The highest BCUT2D eigenvalue weighted by atomic mass is 16.5. The molecule has 0 radical (unpaired) electrons. The van der Waals surface area contributed by atoms with Crippen LogP contribution in [0.3, 0.4) is 0 Å². The first-order valence-corrected chi connectivity index (χ1v) is 12.8. The number of hydrogen-bond acceptors (Lipinski definition) is 8. The smallest absolute Gasteiger partial charge is 0.213 e. The molecule has 186 valence electrons. The Morgan fingerprint density at radius 2 is 1.86 bits per heavy atom. The number of rotatable bonds is 8. The number of benzene rings is 1. The number of aromatic nitrogens is 3. The third-order valence-electron chi connectivity index (χ3n) is 7.31. The van der Waals surface area contributed by atoms with E-state index in [1.165, 1.54) is 18.4 Å². The maximum atomic E-state index is 6.08. The molecule has 1 N–H and O–H groups in total. The minimum Gasteiger partial charge on any atom is -0.477 e. The van der Waals surface area contributed by atoms with Crippen molar-refractivity contribution in [3.05, 3.63) is 78.2 Å². The number of hydrogen-bond donors (Lipinski definition) is 1. The lowest BCUT2D eigenvalue weighted by molar-refractivity contribution is 0.0717. The number of piperidine rings is 1. The average Bonchev–Trinajstić information content (AvgIpc) is 3.37. The van der Waals surface area contributed by atoms with Crippen LogP contribution in [0.5, 0.6) is 5.88 Å². The zero-order valence-electron chi connectivity index (χ0n) is 20.4. The first-order chi connectivity index (χ1) is 17.8. The number of para-hydroxylation sites is 1. The van der Waals surface area contributed by atoms with Crippen molar-refractivity contribution in [3.8, 4) is 5.88 Å². The molecule has 0 saturated carbocycles. The highest BCUT2D eigenvalue weighted by Crippen LogP contribution is 2.31. The van der Waals surface area contributed by atoms with E-state index >= 15 is 0 Å². The number of ether oxygens (including phenoxy) is 1. The van der Waals surface area contributed by atoms with E-state index in [4.69, 9.17) is 9.26 Å². The minimum absolute atomic E-state index is 0.531. The first kappa shape index (κ1) is 22.9. The summed E-state index contributed by atoms with van der Waals surface area (Å²) in [7, 11) is 0. The van der Waals surface area contributed by atoms with Gasteiger partial charge in [0.15, 0.2) is 11.4 Å². The van der Waals surface area contributed by atoms with E-state index in [0.717, 1.165) is 61.6 Å². The summed E-state index contributed by atoms with van der Waals surface area (Å²) in [5.41, 5.74) is 3.18. The molecular formula is C28H32N6O2. The van der Waals surface area contributed by atoms with Crippen LogP contribution < -0.4 is 15.0 Å². The predicted molar refractivity (Wildman–Crippen MR) is 139 cm³/mol. The van der Waals surface area contributed by atoms with Gasteiger partial charge in [0.25, 0.3) is 0 Å². The lowest BCUT2D eigenvalue weighted by Gasteiger charge is -2.46. The standard InChI is InChI=1S/C28H32N6O2/c1-2-6-26-25(5-1)28(32-36-26)34-13-12-33-18-23(7-9-24(33)19-34)20-35-27-10-8-22(17-31-27)16-30-15-21-4-3-11-29-14-21/h1-6,8,10-11,14,17,23-24,30H,7,9,12-13,15-16,18-20H2. The van der Waals surface area contributed by atoms with Gasteiger partial charge < -0.3 is 19.5 Å². The quantitative estimate of drug-likeness (QED) is 0.404. The molecule has 0 spiro atoms. The summed E-state index contributed by atoms with van der Waals surface area (Å²) in [5.74, 6) is 2.22. The lowest BCUT2D eigenvalue weighted by atomic mass is 9.91. The van der Waals surface area contributed by atoms with Gasteiger partial charge in [-0.3, -0.25) is 9.88 Å². The Labute approximate surface area is 211 Å². The molecule has 2 aliphatic heterocycles. The highest BCUT2D eigenvalue weighted by Gasteiger charge is 2.34. The van der Waals surface area contributed by atoms with Crippen molar-refractivity contribution in [2.45, 2.75) is 32.0 Å². The van der Waals surface area contributed by atoms with E-state index in [1.807, 2.05) is 42.7 Å². The predicted octanol–water partition coefficient (Wildman–Crippen LogP) is 3.89. The maximum absolute atomic E-state index is 6.08. The van der Waals surface area contributed by atoms with Gasteiger partial charge in [-0.15, -0.1) is 0 Å². The Balaban J connectivity index is 0.956. The van der Waals surface area contributed by atoms with Crippen LogP contribution in [0, 0.1) is 5.92 Å². The van der Waals surface area contributed by atoms with Crippen LogP contribution in [0.25, 0.3) is 11.0 Å². The second-order valence-electron chi connectivity index (χ2n) is 9.82. The van der Waals surface area contributed by atoms with Crippen LogP contribution in [0.1, 0.15) is 24.0 Å². The van der Waals surface area contributed by atoms with Crippen LogP contribution in [0.4, 0.5) is 5.82 Å². The number of anilines is 1. The normalized spacial score (nSPS) is 20.4. The van der Waals surface area contributed by atoms with Crippen LogP contribution in [-0.2, 0) is 13.1 Å². The van der Waals surface area contributed by atoms with Crippen molar-refractivity contribution in [1.29, 1.82) is 0 Å². The summed E-state index contributed by atoms with van der Waals surface area (Å²) < 4.78 is 11.6. The number of pyridine rings is 2. The molecular weight excluding hydrogens is 452 g/mol. The van der Waals surface area contributed by atoms with E-state index in [0.29, 0.717) is 24.4 Å². The fourth-order valence-corrected chi connectivity index (χ4v) is 5.35. The minimum atomic E-state index is 0.531. The van der Waals surface area contributed by atoms with Crippen LogP contribution in [0.2, 0.25) is 0 Å². The Bertz CT molecular complexity index is 1260. The van der Waals surface area contributed by atoms with Crippen molar-refractivity contribution in [2.24, 2.45) is 5.92 Å². The van der Waals surface area contributed by atoms with E-state index < -0.39 is 0 Å². The summed E-state index contributed by atoms with van der Waals surface area (Å²) in [5, 5.41) is 8.91. The van der Waals surface area contributed by atoms with Crippen molar-refractivity contribution >= 4 is 16.8 Å². The lowest BCUT2D eigenvalue weighted by Crippen LogP contribution is -2.57. The molecule has 8 heteroatoms. The molecule has 2 unspecified atom stereocenters. The van der Waals surface area contributed by atoms with Gasteiger partial charge >= 0.3 is 0 Å². The van der Waals surface area contributed by atoms with Crippen LogP contribution >= 0.6 is 0 Å². The van der Waals surface area contributed by atoms with E-state index in [9.17, 15) is 0 Å². The summed E-state index contributed by atoms with van der Waals surface area (Å²) in [6.45, 7) is 6.36. The Hall–Kier alpha value is -3.49. The zero-order valence-corrected chi connectivity index (χ0v) is 20.4. The van der Waals surface area contributed by atoms with E-state index in [2.05, 4.69) is 48.4 Å². The third kappa shape index (κ3) is 5.20. The van der Waals surface area contributed by atoms with Crippen molar-refractivity contribution in [1.82, 2.24) is 25.3 Å². The van der Waals surface area contributed by atoms with Gasteiger partial charge in [-0.05, 0) is 42.2 Å². The molecule has 2 atom stereocenters. The van der Waals surface area contributed by atoms with Gasteiger partial charge in [0.1, 0.15) is 0 Å². The molecule has 5 heterocycles. The molecule has 3 aromatic heterocycles. The van der Waals surface area contributed by atoms with Crippen LogP contribution in [-0.4, -0.2) is 58.9 Å². The molecule has 6 rings (SSSR count). The fourth-order valence-electron chi connectivity index (χ4n) is 5.35. The van der Waals surface area contributed by atoms with Crippen LogP contribution in [0.15, 0.2) is 71.6 Å². The monoisotopic (exact) mass is 484 g/mol. The Kier molecular flexibility index (Phi) is 6.78. The van der Waals surface area contributed by atoms with Crippen molar-refractivity contribution in [2.75, 3.05) is 37.7 Å².